The lowest BCUT2D eigenvalue weighted by atomic mass is 9.80. The van der Waals surface area contributed by atoms with Gasteiger partial charge in [0.05, 0.1) is 18.6 Å². The van der Waals surface area contributed by atoms with Crippen LogP contribution in [0.5, 0.6) is 0 Å². The third-order valence-electron chi connectivity index (χ3n) is 3.68. The maximum Gasteiger partial charge on any atom is 0.272 e. The molecule has 19 heavy (non-hydrogen) atoms. The first kappa shape index (κ1) is 12.6. The Bertz CT molecular complexity index is 469. The van der Waals surface area contributed by atoms with Crippen molar-refractivity contribution in [2.45, 2.75) is 19.6 Å². The van der Waals surface area contributed by atoms with E-state index in [1.807, 2.05) is 19.9 Å². The molecule has 2 saturated heterocycles. The maximum absolute atomic E-state index is 12.2. The van der Waals surface area contributed by atoms with E-state index in [0.29, 0.717) is 32.0 Å². The predicted octanol–water partition coefficient (Wildman–Crippen LogP) is 1.31. The van der Waals surface area contributed by atoms with Gasteiger partial charge in [-0.1, -0.05) is 6.07 Å². The number of pyridine rings is 1. The second kappa shape index (κ2) is 4.28. The summed E-state index contributed by atoms with van der Waals surface area (Å²) in [5.41, 5.74) is 0.468. The largest absolute Gasteiger partial charge is 0.350 e. The van der Waals surface area contributed by atoms with Crippen LogP contribution in [-0.4, -0.2) is 47.9 Å². The van der Waals surface area contributed by atoms with E-state index in [9.17, 15) is 4.79 Å². The zero-order valence-corrected chi connectivity index (χ0v) is 11.3. The van der Waals surface area contributed by atoms with Crippen LogP contribution in [0.1, 0.15) is 24.3 Å². The van der Waals surface area contributed by atoms with E-state index in [0.717, 1.165) is 0 Å². The molecule has 5 heteroatoms. The molecule has 3 rings (SSSR count). The lowest BCUT2D eigenvalue weighted by Gasteiger charge is -2.53. The molecule has 1 aromatic heterocycles. The van der Waals surface area contributed by atoms with Gasteiger partial charge in [0.25, 0.3) is 5.91 Å². The smallest absolute Gasteiger partial charge is 0.272 e. The molecule has 0 atom stereocenters. The van der Waals surface area contributed by atoms with E-state index in [2.05, 4.69) is 4.98 Å². The normalized spacial score (nSPS) is 24.0. The number of carbonyl (C=O) groups excluding carboxylic acids is 1. The van der Waals surface area contributed by atoms with Gasteiger partial charge in [-0.05, 0) is 26.0 Å². The van der Waals surface area contributed by atoms with Crippen molar-refractivity contribution in [1.29, 1.82) is 0 Å². The third kappa shape index (κ3) is 2.35. The van der Waals surface area contributed by atoms with Crippen LogP contribution < -0.4 is 0 Å². The molecule has 3 heterocycles. The van der Waals surface area contributed by atoms with Crippen molar-refractivity contribution >= 4 is 5.91 Å². The number of nitrogens with zero attached hydrogens (tertiary/aromatic N) is 2. The van der Waals surface area contributed by atoms with Gasteiger partial charge in [0.15, 0.2) is 5.79 Å². The number of aromatic nitrogens is 1. The van der Waals surface area contributed by atoms with Crippen molar-refractivity contribution in [3.8, 4) is 0 Å². The summed E-state index contributed by atoms with van der Waals surface area (Å²) < 4.78 is 11.4. The highest BCUT2D eigenvalue weighted by Gasteiger charge is 2.50. The lowest BCUT2D eigenvalue weighted by molar-refractivity contribution is -0.301. The first-order chi connectivity index (χ1) is 9.00. The lowest BCUT2D eigenvalue weighted by Crippen LogP contribution is -2.65. The van der Waals surface area contributed by atoms with E-state index in [1.165, 1.54) is 0 Å². The predicted molar refractivity (Wildman–Crippen MR) is 68.6 cm³/mol. The maximum atomic E-state index is 12.2. The summed E-state index contributed by atoms with van der Waals surface area (Å²) in [4.78, 5) is 18.0. The molecule has 102 valence electrons. The molecule has 2 fully saturated rings. The first-order valence-electron chi connectivity index (χ1n) is 6.48. The Kier molecular flexibility index (Phi) is 2.83. The second-order valence-electron chi connectivity index (χ2n) is 5.85. The molecule has 1 amide bonds. The van der Waals surface area contributed by atoms with E-state index in [4.69, 9.17) is 9.47 Å². The number of rotatable bonds is 1. The van der Waals surface area contributed by atoms with Crippen LogP contribution in [0.15, 0.2) is 24.4 Å². The van der Waals surface area contributed by atoms with Gasteiger partial charge in [0.2, 0.25) is 0 Å². The molecule has 5 nitrogen and oxygen atoms in total. The Morgan fingerprint density at radius 1 is 1.26 bits per heavy atom. The van der Waals surface area contributed by atoms with Crippen molar-refractivity contribution in [2.24, 2.45) is 5.41 Å². The zero-order chi connectivity index (χ0) is 13.5. The number of hydrogen-bond donors (Lipinski definition) is 0. The highest BCUT2D eigenvalue weighted by atomic mass is 16.7. The van der Waals surface area contributed by atoms with Crippen LogP contribution in [-0.2, 0) is 9.47 Å². The molecule has 0 bridgehead atoms. The van der Waals surface area contributed by atoms with Crippen molar-refractivity contribution in [3.63, 3.8) is 0 Å². The van der Waals surface area contributed by atoms with Crippen LogP contribution in [0.4, 0.5) is 0 Å². The Labute approximate surface area is 112 Å². The van der Waals surface area contributed by atoms with Crippen LogP contribution in [0.2, 0.25) is 0 Å². The van der Waals surface area contributed by atoms with Gasteiger partial charge < -0.3 is 14.4 Å². The fourth-order valence-corrected chi connectivity index (χ4v) is 2.48. The molecular weight excluding hydrogens is 244 g/mol. The van der Waals surface area contributed by atoms with Crippen LogP contribution in [0.3, 0.4) is 0 Å². The van der Waals surface area contributed by atoms with Crippen LogP contribution in [0, 0.1) is 5.41 Å². The van der Waals surface area contributed by atoms with Crippen LogP contribution >= 0.6 is 0 Å². The Balaban J connectivity index is 1.60. The number of ether oxygens (including phenoxy) is 2. The molecule has 2 aliphatic heterocycles. The van der Waals surface area contributed by atoms with E-state index in [-0.39, 0.29) is 11.3 Å². The Morgan fingerprint density at radius 2 is 1.95 bits per heavy atom. The highest BCUT2D eigenvalue weighted by Crippen LogP contribution is 2.37. The quantitative estimate of drug-likeness (QED) is 0.765. The number of carbonyl (C=O) groups is 1. The van der Waals surface area contributed by atoms with Gasteiger partial charge in [-0.3, -0.25) is 9.78 Å². The summed E-state index contributed by atoms with van der Waals surface area (Å²) in [6.07, 6.45) is 1.64. The third-order valence-corrected chi connectivity index (χ3v) is 3.68. The van der Waals surface area contributed by atoms with Crippen molar-refractivity contribution in [3.05, 3.63) is 30.1 Å². The summed E-state index contributed by atoms with van der Waals surface area (Å²) in [7, 11) is 0. The average molecular weight is 262 g/mol. The number of likely N-dealkylation sites (tertiary alicyclic amines) is 1. The monoisotopic (exact) mass is 262 g/mol. The minimum atomic E-state index is -0.503. The summed E-state index contributed by atoms with van der Waals surface area (Å²) in [5.74, 6) is -0.521. The summed E-state index contributed by atoms with van der Waals surface area (Å²) in [6, 6.07) is 5.37. The standard InChI is InChI=1S/C14H18N2O3/c1-13(2)18-9-14(10-19-13)7-16(8-14)12(17)11-5-3-4-6-15-11/h3-6H,7-10H2,1-2H3. The van der Waals surface area contributed by atoms with Gasteiger partial charge in [-0.15, -0.1) is 0 Å². The molecule has 1 spiro atoms. The van der Waals surface area contributed by atoms with E-state index < -0.39 is 5.79 Å². The fraction of sp³-hybridized carbons (Fsp3) is 0.571. The Morgan fingerprint density at radius 3 is 2.53 bits per heavy atom. The molecule has 1 aromatic rings. The van der Waals surface area contributed by atoms with Gasteiger partial charge in [-0.25, -0.2) is 0 Å². The highest BCUT2D eigenvalue weighted by molar-refractivity contribution is 5.92. The van der Waals surface area contributed by atoms with Gasteiger partial charge >= 0.3 is 0 Å². The summed E-state index contributed by atoms with van der Waals surface area (Å²) in [5, 5.41) is 0. The van der Waals surface area contributed by atoms with Crippen molar-refractivity contribution in [2.75, 3.05) is 26.3 Å². The zero-order valence-electron chi connectivity index (χ0n) is 11.3. The van der Waals surface area contributed by atoms with E-state index in [1.54, 1.807) is 23.2 Å². The summed E-state index contributed by atoms with van der Waals surface area (Å²) in [6.45, 7) is 6.47. The van der Waals surface area contributed by atoms with Gasteiger partial charge in [-0.2, -0.15) is 0 Å². The molecule has 0 N–H and O–H groups in total. The minimum Gasteiger partial charge on any atom is -0.350 e. The van der Waals surface area contributed by atoms with Gasteiger partial charge in [0, 0.05) is 19.3 Å². The number of hydrogen-bond acceptors (Lipinski definition) is 4. The minimum absolute atomic E-state index is 0.0175. The first-order valence-corrected chi connectivity index (χ1v) is 6.48. The summed E-state index contributed by atoms with van der Waals surface area (Å²) >= 11 is 0. The SMILES string of the molecule is CC1(C)OCC2(CO1)CN(C(=O)c1ccccn1)C2. The Hall–Kier alpha value is -1.46. The molecular formula is C14H18N2O3. The second-order valence-corrected chi connectivity index (χ2v) is 5.85. The van der Waals surface area contributed by atoms with Crippen molar-refractivity contribution in [1.82, 2.24) is 9.88 Å². The van der Waals surface area contributed by atoms with Gasteiger partial charge in [0.1, 0.15) is 5.69 Å². The molecule has 0 saturated carbocycles. The molecule has 2 aliphatic rings. The number of amides is 1. The molecule has 0 radical (unpaired) electrons. The fourth-order valence-electron chi connectivity index (χ4n) is 2.48. The van der Waals surface area contributed by atoms with E-state index >= 15 is 0 Å². The van der Waals surface area contributed by atoms with Crippen molar-refractivity contribution < 1.29 is 14.3 Å². The molecule has 0 aliphatic carbocycles. The molecule has 0 unspecified atom stereocenters. The topological polar surface area (TPSA) is 51.7 Å². The average Bonchev–Trinajstić information content (AvgIpc) is 2.37. The molecule has 0 aromatic carbocycles. The van der Waals surface area contributed by atoms with Crippen LogP contribution in [0.25, 0.3) is 0 Å².